The summed E-state index contributed by atoms with van der Waals surface area (Å²) in [5, 5.41) is 0. The van der Waals surface area contributed by atoms with Gasteiger partial charge in [-0.25, -0.2) is 0 Å². The summed E-state index contributed by atoms with van der Waals surface area (Å²) in [6.45, 7) is 3.37. The average Bonchev–Trinajstić information content (AvgIpc) is 2.39. The molecule has 1 rings (SSSR count). The van der Waals surface area contributed by atoms with E-state index in [0.717, 1.165) is 11.1 Å². The first-order valence-corrected chi connectivity index (χ1v) is 4.25. The molecule has 0 aliphatic rings. The molecule has 0 amide bonds. The second-order valence-electron chi connectivity index (χ2n) is 3.34. The first-order chi connectivity index (χ1) is 5.29. The van der Waals surface area contributed by atoms with Gasteiger partial charge < -0.3 is 0 Å². The molecule has 0 fully saturated rings. The van der Waals surface area contributed by atoms with E-state index in [2.05, 4.69) is 34.2 Å². The molecule has 0 radical (unpaired) electrons. The molecule has 1 aromatic heterocycles. The number of nitrogens with zero attached hydrogens (tertiary/aromatic N) is 2. The quantitative estimate of drug-likeness (QED) is 0.587. The number of hydrogen-bond donors (Lipinski definition) is 0. The van der Waals surface area contributed by atoms with Crippen LogP contribution in [-0.2, 0) is 6.54 Å². The number of aryl methyl sites for hydroxylation is 1. The summed E-state index contributed by atoms with van der Waals surface area (Å²) in [4.78, 5) is 3.98. The van der Waals surface area contributed by atoms with Crippen molar-refractivity contribution in [1.29, 1.82) is 0 Å². The van der Waals surface area contributed by atoms with Gasteiger partial charge in [-0.2, -0.15) is 0 Å². The summed E-state index contributed by atoms with van der Waals surface area (Å²) < 4.78 is 2.95. The molecule has 0 spiro atoms. The standard InChI is InChI=1S/C8H13N2.Li/c1-2-3-4-6-10-7-5-9-8-10;/h2,5,7-8H,3-4,6H2,1H3;. The predicted octanol–water partition coefficient (Wildman–Crippen LogP) is 1.64. The van der Waals surface area contributed by atoms with Crippen molar-refractivity contribution >= 4 is 17.7 Å². The zero-order valence-corrected chi connectivity index (χ0v) is 7.33. The van der Waals surface area contributed by atoms with Gasteiger partial charge in [-0.3, -0.25) is 0 Å². The second-order valence-corrected chi connectivity index (χ2v) is 3.34. The van der Waals surface area contributed by atoms with Crippen LogP contribution in [0.25, 0.3) is 0 Å². The van der Waals surface area contributed by atoms with Crippen LogP contribution >= 0.6 is 0 Å². The molecule has 56 valence electrons. The van der Waals surface area contributed by atoms with Crippen molar-refractivity contribution in [2.24, 2.45) is 0 Å². The first kappa shape index (κ1) is 8.90. The molecule has 0 aliphatic heterocycles. The Hall–Kier alpha value is -0.193. The van der Waals surface area contributed by atoms with Crippen molar-refractivity contribution < 1.29 is 0 Å². The first-order valence-electron chi connectivity index (χ1n) is 4.25. The van der Waals surface area contributed by atoms with E-state index in [0.29, 0.717) is 0 Å². The van der Waals surface area contributed by atoms with Crippen LogP contribution in [0.15, 0.2) is 18.7 Å². The fourth-order valence-electron chi connectivity index (χ4n) is 1.10. The maximum absolute atomic E-state index is 3.98. The number of aromatic nitrogens is 2. The van der Waals surface area contributed by atoms with Gasteiger partial charge in [-0.15, -0.1) is 0 Å². The summed E-state index contributed by atoms with van der Waals surface area (Å²) in [5.74, 6) is 0. The molecule has 1 unspecified atom stereocenters. The zero-order valence-electron chi connectivity index (χ0n) is 7.33. The van der Waals surface area contributed by atoms with Gasteiger partial charge in [-0.05, 0) is 0 Å². The molecular formula is C8H13LiN2. The third-order valence-corrected chi connectivity index (χ3v) is 1.76. The van der Waals surface area contributed by atoms with E-state index >= 15 is 0 Å². The van der Waals surface area contributed by atoms with E-state index in [1.165, 1.54) is 12.8 Å². The van der Waals surface area contributed by atoms with Crippen molar-refractivity contribution in [3.63, 3.8) is 0 Å². The van der Waals surface area contributed by atoms with Crippen LogP contribution in [0.5, 0.6) is 0 Å². The molecule has 0 aliphatic carbocycles. The van der Waals surface area contributed by atoms with E-state index in [1.54, 1.807) is 0 Å². The van der Waals surface area contributed by atoms with Gasteiger partial charge >= 0.3 is 76.9 Å². The normalized spacial score (nSPS) is 13.4. The monoisotopic (exact) mass is 144 g/mol. The third kappa shape index (κ3) is 3.64. The summed E-state index contributed by atoms with van der Waals surface area (Å²) >= 11 is 2.26. The molecular weight excluding hydrogens is 131 g/mol. The Morgan fingerprint density at radius 1 is 1.64 bits per heavy atom. The van der Waals surface area contributed by atoms with Crippen LogP contribution in [0.4, 0.5) is 0 Å². The molecule has 0 saturated carbocycles. The van der Waals surface area contributed by atoms with Crippen molar-refractivity contribution in [3.8, 4) is 0 Å². The van der Waals surface area contributed by atoms with Gasteiger partial charge in [-0.1, -0.05) is 0 Å². The maximum atomic E-state index is 3.98. The Balaban J connectivity index is 2.14. The van der Waals surface area contributed by atoms with Gasteiger partial charge in [0, 0.05) is 0 Å². The van der Waals surface area contributed by atoms with Gasteiger partial charge in [0.1, 0.15) is 0 Å². The topological polar surface area (TPSA) is 17.8 Å². The fourth-order valence-corrected chi connectivity index (χ4v) is 1.10. The Kier molecular flexibility index (Phi) is 3.75. The molecule has 1 atom stereocenters. The molecule has 11 heavy (non-hydrogen) atoms. The Bertz CT molecular complexity index is 182. The fraction of sp³-hybridized carbons (Fsp3) is 0.625. The van der Waals surface area contributed by atoms with Gasteiger partial charge in [0.05, 0.1) is 0 Å². The van der Waals surface area contributed by atoms with E-state index < -0.39 is 0 Å². The van der Waals surface area contributed by atoms with Crippen molar-refractivity contribution in [3.05, 3.63) is 18.7 Å². The number of hydrogen-bond acceptors (Lipinski definition) is 1. The van der Waals surface area contributed by atoms with Crippen LogP contribution in [0.1, 0.15) is 19.8 Å². The van der Waals surface area contributed by atoms with Crippen LogP contribution in [-0.4, -0.2) is 27.3 Å². The molecule has 0 saturated heterocycles. The van der Waals surface area contributed by atoms with Crippen molar-refractivity contribution in [1.82, 2.24) is 9.55 Å². The van der Waals surface area contributed by atoms with Crippen LogP contribution in [0.2, 0.25) is 4.59 Å². The van der Waals surface area contributed by atoms with Crippen LogP contribution < -0.4 is 0 Å². The Labute approximate surface area is 77.2 Å². The minimum atomic E-state index is 0.818. The summed E-state index contributed by atoms with van der Waals surface area (Å²) in [6, 6.07) is 0. The zero-order chi connectivity index (χ0) is 8.10. The number of imidazole rings is 1. The van der Waals surface area contributed by atoms with Gasteiger partial charge in [0.25, 0.3) is 0 Å². The summed E-state index contributed by atoms with van der Waals surface area (Å²) in [7, 11) is 0. The predicted molar refractivity (Wildman–Crippen MR) is 46.6 cm³/mol. The van der Waals surface area contributed by atoms with Crippen LogP contribution in [0, 0.1) is 0 Å². The molecule has 0 bridgehead atoms. The number of rotatable bonds is 4. The van der Waals surface area contributed by atoms with Crippen molar-refractivity contribution in [2.45, 2.75) is 30.9 Å². The van der Waals surface area contributed by atoms with E-state index in [9.17, 15) is 0 Å². The van der Waals surface area contributed by atoms with Gasteiger partial charge in [0.15, 0.2) is 0 Å². The average molecular weight is 144 g/mol. The van der Waals surface area contributed by atoms with E-state index in [-0.39, 0.29) is 0 Å². The Morgan fingerprint density at radius 3 is 3.00 bits per heavy atom. The summed E-state index contributed by atoms with van der Waals surface area (Å²) in [5.41, 5.74) is 0. The third-order valence-electron chi connectivity index (χ3n) is 1.76. The van der Waals surface area contributed by atoms with Gasteiger partial charge in [0.2, 0.25) is 0 Å². The van der Waals surface area contributed by atoms with Crippen molar-refractivity contribution in [2.75, 3.05) is 0 Å². The molecule has 2 nitrogen and oxygen atoms in total. The second kappa shape index (κ2) is 4.64. The van der Waals surface area contributed by atoms with E-state index in [1.807, 2.05) is 18.7 Å². The Morgan fingerprint density at radius 2 is 2.45 bits per heavy atom. The van der Waals surface area contributed by atoms with E-state index in [4.69, 9.17) is 0 Å². The van der Waals surface area contributed by atoms with Crippen LogP contribution in [0.3, 0.4) is 0 Å². The summed E-state index contributed by atoms with van der Waals surface area (Å²) in [6.07, 6.45) is 8.28. The minimum absolute atomic E-state index is 0.818. The SMILES string of the molecule is [Li][CH](C)CCCn1ccnc1. The molecule has 3 heteroatoms. The molecule has 0 aromatic carbocycles. The molecule has 0 N–H and O–H groups in total. The molecule has 1 aromatic rings. The molecule has 1 heterocycles.